The number of benzene rings is 2. The molecular weight excluding hydrogens is 580 g/mol. The Morgan fingerprint density at radius 3 is 2.52 bits per heavy atom. The van der Waals surface area contributed by atoms with Crippen molar-refractivity contribution in [3.63, 3.8) is 0 Å². The van der Waals surface area contributed by atoms with Crippen molar-refractivity contribution in [2.24, 2.45) is 0 Å². The summed E-state index contributed by atoms with van der Waals surface area (Å²) in [6, 6.07) is 13.8. The minimum absolute atomic E-state index is 0.0650. The Hall–Kier alpha value is -4.38. The minimum atomic E-state index is -0.559. The molecule has 0 saturated heterocycles. The van der Waals surface area contributed by atoms with E-state index in [1.54, 1.807) is 36.5 Å². The lowest BCUT2D eigenvalue weighted by atomic mass is 10.0. The summed E-state index contributed by atoms with van der Waals surface area (Å²) in [4.78, 5) is 36.1. The first-order valence-electron chi connectivity index (χ1n) is 14.3. The standard InChI is InChI=1S/C33H40N4O6S/c1-20(29-15-23(19-44-29)24-12-10-9-11-22(24)18-37(6)32(39)43-33(3,4)5)34-31-25-16-27(40-7)28(42-14-13-30(38)41-8)17-26(25)35-21(2)36-31/h9-12,15-17,19-20H,13-14,18H2,1-8H3,(H,34,35,36). The molecule has 4 aromatic rings. The third-order valence-corrected chi connectivity index (χ3v) is 7.84. The van der Waals surface area contributed by atoms with Crippen LogP contribution in [0.4, 0.5) is 10.6 Å². The van der Waals surface area contributed by atoms with E-state index in [-0.39, 0.29) is 31.1 Å². The smallest absolute Gasteiger partial charge is 0.410 e. The van der Waals surface area contributed by atoms with Crippen LogP contribution in [0, 0.1) is 6.92 Å². The van der Waals surface area contributed by atoms with E-state index in [1.807, 2.05) is 52.0 Å². The summed E-state index contributed by atoms with van der Waals surface area (Å²) in [6.45, 7) is 10.1. The Balaban J connectivity index is 1.55. The molecule has 2 aromatic heterocycles. The number of nitrogens with zero attached hydrogens (tertiary/aromatic N) is 3. The zero-order chi connectivity index (χ0) is 32.0. The largest absolute Gasteiger partial charge is 0.493 e. The van der Waals surface area contributed by atoms with Crippen LogP contribution in [0.3, 0.4) is 0 Å². The molecule has 2 aromatic carbocycles. The number of ether oxygens (including phenoxy) is 4. The topological polar surface area (TPSA) is 112 Å². The van der Waals surface area contributed by atoms with Gasteiger partial charge >= 0.3 is 12.1 Å². The van der Waals surface area contributed by atoms with Crippen LogP contribution < -0.4 is 14.8 Å². The Kier molecular flexibility index (Phi) is 10.3. The quantitative estimate of drug-likeness (QED) is 0.175. The fourth-order valence-corrected chi connectivity index (χ4v) is 5.49. The molecule has 0 aliphatic rings. The zero-order valence-electron chi connectivity index (χ0n) is 26.5. The van der Waals surface area contributed by atoms with Crippen molar-refractivity contribution in [1.82, 2.24) is 14.9 Å². The number of hydrogen-bond acceptors (Lipinski definition) is 10. The number of aryl methyl sites for hydroxylation is 1. The molecule has 11 heteroatoms. The summed E-state index contributed by atoms with van der Waals surface area (Å²) in [6.07, 6.45) is -0.238. The van der Waals surface area contributed by atoms with Gasteiger partial charge in [0.05, 0.1) is 38.8 Å². The lowest BCUT2D eigenvalue weighted by molar-refractivity contribution is -0.141. The Morgan fingerprint density at radius 1 is 1.07 bits per heavy atom. The number of rotatable bonds is 11. The molecule has 0 saturated carbocycles. The number of carbonyl (C=O) groups is 2. The average molecular weight is 621 g/mol. The highest BCUT2D eigenvalue weighted by atomic mass is 32.1. The van der Waals surface area contributed by atoms with Crippen LogP contribution in [-0.2, 0) is 20.8 Å². The molecule has 0 radical (unpaired) electrons. The monoisotopic (exact) mass is 620 g/mol. The lowest BCUT2D eigenvalue weighted by Gasteiger charge is -2.25. The van der Waals surface area contributed by atoms with Crippen LogP contribution >= 0.6 is 11.3 Å². The van der Waals surface area contributed by atoms with E-state index in [2.05, 4.69) is 34.7 Å². The molecule has 4 rings (SSSR count). The maximum atomic E-state index is 12.6. The maximum absolute atomic E-state index is 12.6. The van der Waals surface area contributed by atoms with E-state index >= 15 is 0 Å². The van der Waals surface area contributed by atoms with Gasteiger partial charge in [-0.05, 0) is 68.8 Å². The third kappa shape index (κ3) is 8.16. The van der Waals surface area contributed by atoms with Crippen LogP contribution in [0.15, 0.2) is 47.8 Å². The van der Waals surface area contributed by atoms with Gasteiger partial charge in [0.2, 0.25) is 0 Å². The van der Waals surface area contributed by atoms with Crippen molar-refractivity contribution in [2.75, 3.05) is 33.2 Å². The van der Waals surface area contributed by atoms with Gasteiger partial charge in [-0.25, -0.2) is 14.8 Å². The van der Waals surface area contributed by atoms with Crippen molar-refractivity contribution in [1.29, 1.82) is 0 Å². The van der Waals surface area contributed by atoms with Crippen molar-refractivity contribution < 1.29 is 28.5 Å². The maximum Gasteiger partial charge on any atom is 0.410 e. The van der Waals surface area contributed by atoms with E-state index in [0.717, 1.165) is 27.0 Å². The number of fused-ring (bicyclic) bond motifs is 1. The highest BCUT2D eigenvalue weighted by Crippen LogP contribution is 2.37. The van der Waals surface area contributed by atoms with Crippen LogP contribution in [-0.4, -0.2) is 60.4 Å². The fraction of sp³-hybridized carbons (Fsp3) is 0.394. The molecule has 0 fully saturated rings. The van der Waals surface area contributed by atoms with Gasteiger partial charge in [0.1, 0.15) is 17.2 Å². The Labute approximate surface area is 262 Å². The summed E-state index contributed by atoms with van der Waals surface area (Å²) in [5, 5.41) is 6.47. The van der Waals surface area contributed by atoms with Gasteiger partial charge in [0.25, 0.3) is 0 Å². The molecule has 44 heavy (non-hydrogen) atoms. The second kappa shape index (κ2) is 13.9. The van der Waals surface area contributed by atoms with Gasteiger partial charge < -0.3 is 29.2 Å². The third-order valence-electron chi connectivity index (χ3n) is 6.73. The molecule has 0 spiro atoms. The van der Waals surface area contributed by atoms with E-state index in [1.165, 1.54) is 7.11 Å². The fourth-order valence-electron chi connectivity index (χ4n) is 4.58. The second-order valence-corrected chi connectivity index (χ2v) is 12.4. The number of nitrogens with one attached hydrogen (secondary N) is 1. The summed E-state index contributed by atoms with van der Waals surface area (Å²) >= 11 is 1.65. The van der Waals surface area contributed by atoms with Crippen molar-refractivity contribution in [3.8, 4) is 22.6 Å². The molecule has 0 aliphatic heterocycles. The normalized spacial score (nSPS) is 12.0. The van der Waals surface area contributed by atoms with Gasteiger partial charge in [-0.15, -0.1) is 11.3 Å². The predicted molar refractivity (Wildman–Crippen MR) is 172 cm³/mol. The predicted octanol–water partition coefficient (Wildman–Crippen LogP) is 7.16. The van der Waals surface area contributed by atoms with Crippen LogP contribution in [0.25, 0.3) is 22.0 Å². The molecular formula is C33H40N4O6S. The number of thiophene rings is 1. The number of carbonyl (C=O) groups excluding carboxylic acids is 2. The molecule has 2 heterocycles. The van der Waals surface area contributed by atoms with E-state index in [9.17, 15) is 9.59 Å². The van der Waals surface area contributed by atoms with Crippen molar-refractivity contribution >= 4 is 40.1 Å². The Bertz CT molecular complexity index is 1630. The average Bonchev–Trinajstić information content (AvgIpc) is 3.46. The molecule has 0 aliphatic carbocycles. The van der Waals surface area contributed by atoms with Gasteiger partial charge in [-0.1, -0.05) is 24.3 Å². The van der Waals surface area contributed by atoms with Crippen molar-refractivity contribution in [2.45, 2.75) is 59.2 Å². The Morgan fingerprint density at radius 2 is 1.82 bits per heavy atom. The van der Waals surface area contributed by atoms with Crippen LogP contribution in [0.2, 0.25) is 0 Å². The minimum Gasteiger partial charge on any atom is -0.493 e. The first-order valence-corrected chi connectivity index (χ1v) is 15.2. The van der Waals surface area contributed by atoms with Gasteiger partial charge in [-0.2, -0.15) is 0 Å². The van der Waals surface area contributed by atoms with Crippen LogP contribution in [0.5, 0.6) is 11.5 Å². The summed E-state index contributed by atoms with van der Waals surface area (Å²) < 4.78 is 21.6. The molecule has 1 unspecified atom stereocenters. The van der Waals surface area contributed by atoms with E-state index < -0.39 is 5.60 Å². The molecule has 1 N–H and O–H groups in total. The second-order valence-electron chi connectivity index (χ2n) is 11.4. The SMILES string of the molecule is COC(=O)CCOc1cc2nc(C)nc(NC(C)c3cc(-c4ccccc4CN(C)C(=O)OC(C)(C)C)cs3)c2cc1OC. The van der Waals surface area contributed by atoms with Gasteiger partial charge in [-0.3, -0.25) is 4.79 Å². The summed E-state index contributed by atoms with van der Waals surface area (Å²) in [7, 11) is 4.66. The highest BCUT2D eigenvalue weighted by Gasteiger charge is 2.21. The van der Waals surface area contributed by atoms with E-state index in [0.29, 0.717) is 35.2 Å². The van der Waals surface area contributed by atoms with Gasteiger partial charge in [0.15, 0.2) is 11.5 Å². The number of hydrogen-bond donors (Lipinski definition) is 1. The number of anilines is 1. The molecule has 0 bridgehead atoms. The van der Waals surface area contributed by atoms with Gasteiger partial charge in [0, 0.05) is 29.9 Å². The summed E-state index contributed by atoms with van der Waals surface area (Å²) in [5.41, 5.74) is 3.30. The molecule has 234 valence electrons. The number of amides is 1. The highest BCUT2D eigenvalue weighted by molar-refractivity contribution is 7.10. The van der Waals surface area contributed by atoms with Crippen LogP contribution in [0.1, 0.15) is 56.4 Å². The number of aromatic nitrogens is 2. The lowest BCUT2D eigenvalue weighted by Crippen LogP contribution is -2.33. The summed E-state index contributed by atoms with van der Waals surface area (Å²) in [5.74, 6) is 1.93. The molecule has 1 atom stereocenters. The first kappa shape index (κ1) is 32.5. The molecule has 1 amide bonds. The van der Waals surface area contributed by atoms with Crippen molar-refractivity contribution in [3.05, 3.63) is 64.1 Å². The number of esters is 1. The van der Waals surface area contributed by atoms with E-state index in [4.69, 9.17) is 23.9 Å². The molecule has 10 nitrogen and oxygen atoms in total. The zero-order valence-corrected chi connectivity index (χ0v) is 27.3. The number of methoxy groups -OCH3 is 2. The first-order chi connectivity index (χ1) is 20.9.